The maximum atomic E-state index is 12.1. The highest BCUT2D eigenvalue weighted by molar-refractivity contribution is 5.95. The van der Waals surface area contributed by atoms with Gasteiger partial charge >= 0.3 is 11.9 Å². The van der Waals surface area contributed by atoms with Gasteiger partial charge in [0.2, 0.25) is 0 Å². The average Bonchev–Trinajstić information content (AvgIpc) is 3.09. The third-order valence-corrected chi connectivity index (χ3v) is 4.13. The largest absolute Gasteiger partial charge is 0.478 e. The van der Waals surface area contributed by atoms with Crippen LogP contribution in [0.5, 0.6) is 0 Å². The summed E-state index contributed by atoms with van der Waals surface area (Å²) in [6.45, 7) is 0. The Morgan fingerprint density at radius 3 is 2.33 bits per heavy atom. The van der Waals surface area contributed by atoms with E-state index in [-0.39, 0.29) is 17.6 Å². The van der Waals surface area contributed by atoms with Crippen molar-refractivity contribution in [3.05, 3.63) is 59.7 Å². The predicted octanol–water partition coefficient (Wildman–Crippen LogP) is 4.23. The average molecular weight is 325 g/mol. The summed E-state index contributed by atoms with van der Waals surface area (Å²) >= 11 is 0. The third-order valence-electron chi connectivity index (χ3n) is 4.13. The number of carbonyl (C=O) groups excluding carboxylic acids is 1. The van der Waals surface area contributed by atoms with E-state index in [0.29, 0.717) is 16.9 Å². The Hall–Kier alpha value is -2.82. The summed E-state index contributed by atoms with van der Waals surface area (Å²) in [7, 11) is 0. The molecule has 0 amide bonds. The molecule has 1 fully saturated rings. The highest BCUT2D eigenvalue weighted by atomic mass is 16.5. The number of carbonyl (C=O) groups is 2. The van der Waals surface area contributed by atoms with Gasteiger partial charge in [0.25, 0.3) is 0 Å². The normalized spacial score (nSPS) is 14.3. The minimum absolute atomic E-state index is 0.0396. The SMILES string of the molecule is O=C(OC1CCCC1)c1ccc(Nc2ccccc2C(=O)O)cc1. The zero-order valence-corrected chi connectivity index (χ0v) is 13.2. The number of carboxylic acid groups (broad SMARTS) is 1. The van der Waals surface area contributed by atoms with Gasteiger partial charge in [-0.15, -0.1) is 0 Å². The van der Waals surface area contributed by atoms with Gasteiger partial charge in [-0.25, -0.2) is 9.59 Å². The molecule has 0 spiro atoms. The Kier molecular flexibility index (Phi) is 4.79. The summed E-state index contributed by atoms with van der Waals surface area (Å²) in [5.41, 5.74) is 1.91. The molecule has 1 aliphatic carbocycles. The zero-order chi connectivity index (χ0) is 16.9. The lowest BCUT2D eigenvalue weighted by Crippen LogP contribution is -2.14. The van der Waals surface area contributed by atoms with Crippen LogP contribution in [0.2, 0.25) is 0 Å². The first-order valence-electron chi connectivity index (χ1n) is 8.04. The van der Waals surface area contributed by atoms with Gasteiger partial charge in [-0.2, -0.15) is 0 Å². The fourth-order valence-electron chi connectivity index (χ4n) is 2.85. The van der Waals surface area contributed by atoms with Gasteiger partial charge in [-0.1, -0.05) is 12.1 Å². The maximum absolute atomic E-state index is 12.1. The van der Waals surface area contributed by atoms with Crippen molar-refractivity contribution >= 4 is 23.3 Å². The van der Waals surface area contributed by atoms with Gasteiger partial charge in [-0.3, -0.25) is 0 Å². The van der Waals surface area contributed by atoms with Gasteiger partial charge in [0.05, 0.1) is 16.8 Å². The molecule has 1 aliphatic rings. The van der Waals surface area contributed by atoms with Crippen molar-refractivity contribution in [1.29, 1.82) is 0 Å². The smallest absolute Gasteiger partial charge is 0.338 e. The number of ether oxygens (including phenoxy) is 1. The van der Waals surface area contributed by atoms with Gasteiger partial charge in [0, 0.05) is 5.69 Å². The molecular formula is C19H19NO4. The lowest BCUT2D eigenvalue weighted by Gasteiger charge is -2.12. The van der Waals surface area contributed by atoms with Crippen LogP contribution in [0.4, 0.5) is 11.4 Å². The molecule has 0 aromatic heterocycles. The Morgan fingerprint density at radius 2 is 1.67 bits per heavy atom. The van der Waals surface area contributed by atoms with Crippen LogP contribution in [0, 0.1) is 0 Å². The third kappa shape index (κ3) is 3.74. The summed E-state index contributed by atoms with van der Waals surface area (Å²) in [5, 5.41) is 12.3. The Morgan fingerprint density at radius 1 is 1.00 bits per heavy atom. The fraction of sp³-hybridized carbons (Fsp3) is 0.263. The van der Waals surface area contributed by atoms with Crippen molar-refractivity contribution in [2.75, 3.05) is 5.32 Å². The molecule has 0 radical (unpaired) electrons. The molecule has 5 heteroatoms. The van der Waals surface area contributed by atoms with E-state index in [1.165, 1.54) is 6.07 Å². The van der Waals surface area contributed by atoms with E-state index in [4.69, 9.17) is 4.74 Å². The van der Waals surface area contributed by atoms with Crippen molar-refractivity contribution in [2.45, 2.75) is 31.8 Å². The molecule has 3 rings (SSSR count). The van der Waals surface area contributed by atoms with Crippen molar-refractivity contribution in [3.63, 3.8) is 0 Å². The number of hydrogen-bond acceptors (Lipinski definition) is 4. The van der Waals surface area contributed by atoms with Gasteiger partial charge in [0.15, 0.2) is 0 Å². The molecule has 24 heavy (non-hydrogen) atoms. The maximum Gasteiger partial charge on any atom is 0.338 e. The van der Waals surface area contributed by atoms with Crippen LogP contribution in [-0.4, -0.2) is 23.1 Å². The number of anilines is 2. The van der Waals surface area contributed by atoms with Crippen LogP contribution in [-0.2, 0) is 4.74 Å². The number of benzene rings is 2. The molecule has 0 bridgehead atoms. The minimum Gasteiger partial charge on any atom is -0.478 e. The lowest BCUT2D eigenvalue weighted by molar-refractivity contribution is 0.0317. The number of nitrogens with one attached hydrogen (secondary N) is 1. The summed E-state index contributed by atoms with van der Waals surface area (Å²) in [6.07, 6.45) is 4.15. The number of hydrogen-bond donors (Lipinski definition) is 2. The molecule has 0 unspecified atom stereocenters. The molecule has 1 saturated carbocycles. The van der Waals surface area contributed by atoms with Crippen LogP contribution >= 0.6 is 0 Å². The van der Waals surface area contributed by atoms with Crippen LogP contribution in [0.15, 0.2) is 48.5 Å². The van der Waals surface area contributed by atoms with Crippen LogP contribution in [0.3, 0.4) is 0 Å². The van der Waals surface area contributed by atoms with Crippen molar-refractivity contribution in [3.8, 4) is 0 Å². The first-order valence-corrected chi connectivity index (χ1v) is 8.04. The molecule has 0 atom stereocenters. The molecule has 0 saturated heterocycles. The van der Waals surface area contributed by atoms with Gasteiger partial charge in [-0.05, 0) is 62.1 Å². The van der Waals surface area contributed by atoms with E-state index in [1.807, 2.05) is 0 Å². The van der Waals surface area contributed by atoms with E-state index in [9.17, 15) is 14.7 Å². The number of carboxylic acids is 1. The van der Waals surface area contributed by atoms with E-state index in [2.05, 4.69) is 5.32 Å². The number of para-hydroxylation sites is 1. The van der Waals surface area contributed by atoms with Crippen LogP contribution < -0.4 is 5.32 Å². The first-order chi connectivity index (χ1) is 11.6. The molecular weight excluding hydrogens is 306 g/mol. The monoisotopic (exact) mass is 325 g/mol. The van der Waals surface area contributed by atoms with Gasteiger partial charge < -0.3 is 15.2 Å². The van der Waals surface area contributed by atoms with E-state index in [0.717, 1.165) is 25.7 Å². The summed E-state index contributed by atoms with van der Waals surface area (Å²) < 4.78 is 5.47. The minimum atomic E-state index is -0.991. The quantitative estimate of drug-likeness (QED) is 0.805. The molecule has 5 nitrogen and oxygen atoms in total. The van der Waals surface area contributed by atoms with E-state index >= 15 is 0 Å². The second-order valence-electron chi connectivity index (χ2n) is 5.86. The molecule has 2 N–H and O–H groups in total. The van der Waals surface area contributed by atoms with E-state index < -0.39 is 5.97 Å². The van der Waals surface area contributed by atoms with E-state index in [1.54, 1.807) is 42.5 Å². The summed E-state index contributed by atoms with van der Waals surface area (Å²) in [5.74, 6) is -1.30. The Bertz CT molecular complexity index is 733. The second-order valence-corrected chi connectivity index (χ2v) is 5.86. The topological polar surface area (TPSA) is 75.6 Å². The summed E-state index contributed by atoms with van der Waals surface area (Å²) in [4.78, 5) is 23.3. The molecule has 2 aromatic rings. The first kappa shape index (κ1) is 16.1. The lowest BCUT2D eigenvalue weighted by atomic mass is 10.1. The number of aromatic carboxylic acids is 1. The Balaban J connectivity index is 1.68. The zero-order valence-electron chi connectivity index (χ0n) is 13.2. The number of rotatable bonds is 5. The second kappa shape index (κ2) is 7.17. The standard InChI is InChI=1S/C19H19NO4/c21-18(22)16-7-3-4-8-17(16)20-14-11-9-13(10-12-14)19(23)24-15-5-1-2-6-15/h3-4,7-12,15,20H,1-2,5-6H2,(H,21,22). The van der Waals surface area contributed by atoms with Crippen molar-refractivity contribution in [1.82, 2.24) is 0 Å². The molecule has 124 valence electrons. The molecule has 0 heterocycles. The molecule has 0 aliphatic heterocycles. The van der Waals surface area contributed by atoms with Crippen molar-refractivity contribution < 1.29 is 19.4 Å². The highest BCUT2D eigenvalue weighted by Gasteiger charge is 2.20. The highest BCUT2D eigenvalue weighted by Crippen LogP contribution is 2.24. The predicted molar refractivity (Wildman–Crippen MR) is 90.8 cm³/mol. The summed E-state index contributed by atoms with van der Waals surface area (Å²) in [6, 6.07) is 13.5. The Labute approximate surface area is 140 Å². The number of esters is 1. The van der Waals surface area contributed by atoms with Gasteiger partial charge in [0.1, 0.15) is 6.10 Å². The fourth-order valence-corrected chi connectivity index (χ4v) is 2.85. The van der Waals surface area contributed by atoms with Crippen molar-refractivity contribution in [2.24, 2.45) is 0 Å². The van der Waals surface area contributed by atoms with Crippen LogP contribution in [0.1, 0.15) is 46.4 Å². The molecule has 2 aromatic carbocycles. The van der Waals surface area contributed by atoms with Crippen LogP contribution in [0.25, 0.3) is 0 Å².